The highest BCUT2D eigenvalue weighted by Gasteiger charge is 2.45. The van der Waals surface area contributed by atoms with Crippen molar-refractivity contribution >= 4 is 17.5 Å². The first-order chi connectivity index (χ1) is 19.0. The Morgan fingerprint density at radius 3 is 2.33 bits per heavy atom. The van der Waals surface area contributed by atoms with Crippen LogP contribution < -0.4 is 19.5 Å². The number of ether oxygens (including phenoxy) is 3. The van der Waals surface area contributed by atoms with E-state index in [0.717, 1.165) is 0 Å². The lowest BCUT2D eigenvalue weighted by atomic mass is 9.62. The molecule has 1 unspecified atom stereocenters. The highest BCUT2D eigenvalue weighted by molar-refractivity contribution is 6.31. The van der Waals surface area contributed by atoms with Gasteiger partial charge in [0.05, 0.1) is 19.2 Å². The third-order valence-electron chi connectivity index (χ3n) is 7.05. The van der Waals surface area contributed by atoms with Crippen LogP contribution in [0.2, 0.25) is 5.02 Å². The standard InChI is InChI=1S/C30H35ClF2N2O5/c1-29(2,3)30(12-14-36,18-34-28(37)20-7-9-23(40-15-13-32)25(17-20)39-5)26-11-10-24(38-4)27(35-26)19-6-8-22(33)21(31)16-19/h6-11,16-17,36H,12-15,18H2,1-5H3,(H,34,37). The van der Waals surface area contributed by atoms with E-state index in [1.165, 1.54) is 32.4 Å². The molecule has 216 valence electrons. The van der Waals surface area contributed by atoms with Gasteiger partial charge in [-0.25, -0.2) is 13.8 Å². The Balaban J connectivity index is 2.02. The summed E-state index contributed by atoms with van der Waals surface area (Å²) in [7, 11) is 2.95. The zero-order valence-corrected chi connectivity index (χ0v) is 24.1. The number of nitrogens with zero attached hydrogens (tertiary/aromatic N) is 1. The van der Waals surface area contributed by atoms with E-state index in [2.05, 4.69) is 5.32 Å². The van der Waals surface area contributed by atoms with Crippen molar-refractivity contribution in [3.8, 4) is 28.5 Å². The van der Waals surface area contributed by atoms with Gasteiger partial charge in [0.25, 0.3) is 5.91 Å². The van der Waals surface area contributed by atoms with Crippen molar-refractivity contribution in [1.82, 2.24) is 10.3 Å². The second-order valence-electron chi connectivity index (χ2n) is 10.3. The number of amides is 1. The molecule has 0 saturated heterocycles. The number of carbonyl (C=O) groups is 1. The van der Waals surface area contributed by atoms with Crippen molar-refractivity contribution in [3.63, 3.8) is 0 Å². The molecule has 2 N–H and O–H groups in total. The Kier molecular flexibility index (Phi) is 10.3. The van der Waals surface area contributed by atoms with Crippen LogP contribution in [0, 0.1) is 11.2 Å². The van der Waals surface area contributed by atoms with E-state index in [-0.39, 0.29) is 30.7 Å². The molecule has 0 spiro atoms. The fourth-order valence-electron chi connectivity index (χ4n) is 4.66. The molecular weight excluding hydrogens is 542 g/mol. The van der Waals surface area contributed by atoms with Gasteiger partial charge in [0.1, 0.15) is 30.5 Å². The van der Waals surface area contributed by atoms with Gasteiger partial charge in [-0.15, -0.1) is 0 Å². The van der Waals surface area contributed by atoms with E-state index in [9.17, 15) is 18.7 Å². The summed E-state index contributed by atoms with van der Waals surface area (Å²) in [6, 6.07) is 12.5. The van der Waals surface area contributed by atoms with Gasteiger partial charge in [0, 0.05) is 35.4 Å². The average Bonchev–Trinajstić information content (AvgIpc) is 2.94. The van der Waals surface area contributed by atoms with Crippen molar-refractivity contribution in [2.75, 3.05) is 40.7 Å². The molecule has 1 aromatic heterocycles. The number of aliphatic hydroxyl groups excluding tert-OH is 1. The van der Waals surface area contributed by atoms with Crippen LogP contribution in [0.4, 0.5) is 8.78 Å². The smallest absolute Gasteiger partial charge is 0.251 e. The van der Waals surface area contributed by atoms with E-state index >= 15 is 0 Å². The predicted octanol–water partition coefficient (Wildman–Crippen LogP) is 6.00. The fraction of sp³-hybridized carbons (Fsp3) is 0.400. The second kappa shape index (κ2) is 13.3. The molecule has 40 heavy (non-hydrogen) atoms. The molecule has 0 saturated carbocycles. The topological polar surface area (TPSA) is 89.9 Å². The van der Waals surface area contributed by atoms with Crippen LogP contribution in [0.25, 0.3) is 11.3 Å². The first-order valence-electron chi connectivity index (χ1n) is 12.8. The fourth-order valence-corrected chi connectivity index (χ4v) is 4.84. The van der Waals surface area contributed by atoms with Crippen LogP contribution in [0.1, 0.15) is 43.2 Å². The summed E-state index contributed by atoms with van der Waals surface area (Å²) in [6.07, 6.45) is 0.291. The number of aliphatic hydroxyl groups is 1. The van der Waals surface area contributed by atoms with Crippen LogP contribution >= 0.6 is 11.6 Å². The van der Waals surface area contributed by atoms with Gasteiger partial charge >= 0.3 is 0 Å². The van der Waals surface area contributed by atoms with Gasteiger partial charge in [-0.3, -0.25) is 4.79 Å². The number of halogens is 3. The number of nitrogens with one attached hydrogen (secondary N) is 1. The number of alkyl halides is 1. The summed E-state index contributed by atoms with van der Waals surface area (Å²) in [6.45, 7) is 5.23. The Morgan fingerprint density at radius 2 is 1.73 bits per heavy atom. The minimum Gasteiger partial charge on any atom is -0.494 e. The summed E-state index contributed by atoms with van der Waals surface area (Å²) < 4.78 is 42.6. The van der Waals surface area contributed by atoms with Crippen LogP contribution in [0.5, 0.6) is 17.2 Å². The van der Waals surface area contributed by atoms with Crippen molar-refractivity contribution < 1.29 is 32.9 Å². The van der Waals surface area contributed by atoms with Gasteiger partial charge in [-0.1, -0.05) is 32.4 Å². The minimum absolute atomic E-state index is 0.0481. The average molecular weight is 577 g/mol. The monoisotopic (exact) mass is 576 g/mol. The summed E-state index contributed by atoms with van der Waals surface area (Å²) >= 11 is 6.05. The number of hydrogen-bond acceptors (Lipinski definition) is 6. The lowest BCUT2D eigenvalue weighted by Gasteiger charge is -2.44. The molecular formula is C30H35ClF2N2O5. The lowest BCUT2D eigenvalue weighted by molar-refractivity contribution is 0.0874. The van der Waals surface area contributed by atoms with Crippen LogP contribution in [-0.4, -0.2) is 56.7 Å². The van der Waals surface area contributed by atoms with Gasteiger partial charge in [-0.2, -0.15) is 0 Å². The predicted molar refractivity (Wildman–Crippen MR) is 151 cm³/mol. The number of methoxy groups -OCH3 is 2. The van der Waals surface area contributed by atoms with Crippen LogP contribution in [0.15, 0.2) is 48.5 Å². The Morgan fingerprint density at radius 1 is 1.02 bits per heavy atom. The zero-order valence-electron chi connectivity index (χ0n) is 23.3. The molecule has 0 fully saturated rings. The summed E-state index contributed by atoms with van der Waals surface area (Å²) in [5, 5.41) is 13.1. The quantitative estimate of drug-likeness (QED) is 0.275. The van der Waals surface area contributed by atoms with Gasteiger partial charge in [0.15, 0.2) is 11.5 Å². The molecule has 2 aromatic carbocycles. The molecule has 0 aliphatic heterocycles. The SMILES string of the molecule is COc1cc(C(=O)NCC(CCO)(c2ccc(OC)c(-c3ccc(F)c(Cl)c3)n2)C(C)(C)C)ccc1OCCF. The number of benzene rings is 2. The summed E-state index contributed by atoms with van der Waals surface area (Å²) in [5.74, 6) is 0.173. The van der Waals surface area contributed by atoms with Gasteiger partial charge in [0.2, 0.25) is 0 Å². The number of aromatic nitrogens is 1. The first-order valence-corrected chi connectivity index (χ1v) is 13.2. The van der Waals surface area contributed by atoms with E-state index < -0.39 is 23.3 Å². The maximum atomic E-state index is 13.9. The molecule has 7 nitrogen and oxygen atoms in total. The highest BCUT2D eigenvalue weighted by Crippen LogP contribution is 2.45. The van der Waals surface area contributed by atoms with Crippen LogP contribution in [-0.2, 0) is 5.41 Å². The van der Waals surface area contributed by atoms with Gasteiger partial charge in [-0.05, 0) is 60.4 Å². The second-order valence-corrected chi connectivity index (χ2v) is 10.7. The number of carbonyl (C=O) groups excluding carboxylic acids is 1. The third-order valence-corrected chi connectivity index (χ3v) is 7.34. The summed E-state index contributed by atoms with van der Waals surface area (Å²) in [4.78, 5) is 18.2. The molecule has 1 atom stereocenters. The molecule has 0 aliphatic carbocycles. The maximum absolute atomic E-state index is 13.9. The molecule has 0 bridgehead atoms. The molecule has 3 aromatic rings. The molecule has 0 radical (unpaired) electrons. The minimum atomic E-state index is -0.823. The zero-order chi connectivity index (χ0) is 29.5. The van der Waals surface area contributed by atoms with Crippen molar-refractivity contribution in [3.05, 3.63) is 70.6 Å². The van der Waals surface area contributed by atoms with E-state index in [1.807, 2.05) is 20.8 Å². The third kappa shape index (κ3) is 6.64. The van der Waals surface area contributed by atoms with E-state index in [0.29, 0.717) is 46.2 Å². The van der Waals surface area contributed by atoms with Crippen molar-refractivity contribution in [2.24, 2.45) is 5.41 Å². The van der Waals surface area contributed by atoms with E-state index in [1.54, 1.807) is 30.3 Å². The normalized spacial score (nSPS) is 12.9. The first kappa shape index (κ1) is 31.1. The van der Waals surface area contributed by atoms with Crippen molar-refractivity contribution in [2.45, 2.75) is 32.6 Å². The molecule has 0 aliphatic rings. The van der Waals surface area contributed by atoms with E-state index in [4.69, 9.17) is 30.8 Å². The lowest BCUT2D eigenvalue weighted by Crippen LogP contribution is -2.50. The number of rotatable bonds is 12. The molecule has 1 heterocycles. The largest absolute Gasteiger partial charge is 0.494 e. The van der Waals surface area contributed by atoms with Gasteiger partial charge < -0.3 is 24.6 Å². The highest BCUT2D eigenvalue weighted by atomic mass is 35.5. The summed E-state index contributed by atoms with van der Waals surface area (Å²) in [5.41, 5.74) is 0.635. The Labute approximate surface area is 238 Å². The van der Waals surface area contributed by atoms with Crippen LogP contribution in [0.3, 0.4) is 0 Å². The molecule has 1 amide bonds. The Bertz CT molecular complexity index is 1330. The number of hydrogen-bond donors (Lipinski definition) is 2. The number of pyridine rings is 1. The molecule has 3 rings (SSSR count). The maximum Gasteiger partial charge on any atom is 0.251 e. The Hall–Kier alpha value is -3.43. The molecule has 10 heteroatoms. The van der Waals surface area contributed by atoms with Crippen molar-refractivity contribution in [1.29, 1.82) is 0 Å².